The second kappa shape index (κ2) is 8.14. The van der Waals surface area contributed by atoms with Crippen molar-refractivity contribution in [3.05, 3.63) is 39.7 Å². The van der Waals surface area contributed by atoms with Crippen LogP contribution in [-0.2, 0) is 10.0 Å². The molecule has 0 bridgehead atoms. The molecular formula is C19H21ClN2O5S2. The molecule has 0 spiro atoms. The summed E-state index contributed by atoms with van der Waals surface area (Å²) in [7, 11) is -3.52. The molecule has 2 aliphatic rings. The Morgan fingerprint density at radius 1 is 1.10 bits per heavy atom. The van der Waals surface area contributed by atoms with Crippen molar-refractivity contribution < 1.29 is 22.7 Å². The van der Waals surface area contributed by atoms with Crippen LogP contribution in [-0.4, -0.2) is 62.9 Å². The third kappa shape index (κ3) is 4.09. The number of hydrogen-bond donors (Lipinski definition) is 0. The van der Waals surface area contributed by atoms with Gasteiger partial charge < -0.3 is 14.4 Å². The van der Waals surface area contributed by atoms with Crippen molar-refractivity contribution in [3.8, 4) is 11.5 Å². The van der Waals surface area contributed by atoms with Crippen molar-refractivity contribution in [3.63, 3.8) is 0 Å². The number of halogens is 1. The molecule has 0 atom stereocenters. The van der Waals surface area contributed by atoms with E-state index in [1.807, 2.05) is 6.92 Å². The summed E-state index contributed by atoms with van der Waals surface area (Å²) in [6.45, 7) is 4.02. The number of piperazine rings is 1. The van der Waals surface area contributed by atoms with Crippen LogP contribution in [0.4, 0.5) is 0 Å². The number of amides is 1. The van der Waals surface area contributed by atoms with Crippen molar-refractivity contribution in [1.29, 1.82) is 0 Å². The van der Waals surface area contributed by atoms with Crippen LogP contribution in [0, 0.1) is 6.92 Å². The molecule has 0 unspecified atom stereocenters. The summed E-state index contributed by atoms with van der Waals surface area (Å²) in [4.78, 5) is 15.5. The van der Waals surface area contributed by atoms with Crippen LogP contribution >= 0.6 is 22.9 Å². The predicted molar refractivity (Wildman–Crippen MR) is 111 cm³/mol. The standard InChI is InChI=1S/C19H21ClN2O5S2/c1-13-3-4-17(28-13)29(24,25)22-7-5-21(6-8-22)19(23)14-11-15(20)18-16(12-14)26-9-2-10-27-18/h3-4,11-12H,2,5-10H2,1H3. The van der Waals surface area contributed by atoms with Crippen molar-refractivity contribution in [2.45, 2.75) is 17.6 Å². The Hall–Kier alpha value is -1.81. The summed E-state index contributed by atoms with van der Waals surface area (Å²) in [5, 5.41) is 0.335. The summed E-state index contributed by atoms with van der Waals surface area (Å²) in [6.07, 6.45) is 0.745. The molecule has 1 aromatic carbocycles. The zero-order valence-electron chi connectivity index (χ0n) is 15.9. The van der Waals surface area contributed by atoms with E-state index in [2.05, 4.69) is 0 Å². The number of thiophene rings is 1. The van der Waals surface area contributed by atoms with E-state index in [0.29, 0.717) is 52.6 Å². The number of ether oxygens (including phenoxy) is 2. The van der Waals surface area contributed by atoms with Crippen molar-refractivity contribution in [2.24, 2.45) is 0 Å². The maximum Gasteiger partial charge on any atom is 0.254 e. The molecular weight excluding hydrogens is 436 g/mol. The Morgan fingerprint density at radius 3 is 2.52 bits per heavy atom. The number of rotatable bonds is 3. The van der Waals surface area contributed by atoms with Gasteiger partial charge in [-0.25, -0.2) is 8.42 Å². The molecule has 7 nitrogen and oxygen atoms in total. The van der Waals surface area contributed by atoms with Gasteiger partial charge in [0.2, 0.25) is 0 Å². The molecule has 0 N–H and O–H groups in total. The van der Waals surface area contributed by atoms with Gasteiger partial charge in [0.1, 0.15) is 4.21 Å². The number of carbonyl (C=O) groups excluding carboxylic acids is 1. The van der Waals surface area contributed by atoms with E-state index in [1.54, 1.807) is 29.2 Å². The van der Waals surface area contributed by atoms with Crippen LogP contribution < -0.4 is 9.47 Å². The SMILES string of the molecule is Cc1ccc(S(=O)(=O)N2CCN(C(=O)c3cc(Cl)c4c(c3)OCCCO4)CC2)s1. The molecule has 0 radical (unpaired) electrons. The summed E-state index contributed by atoms with van der Waals surface area (Å²) in [5.41, 5.74) is 0.407. The highest BCUT2D eigenvalue weighted by Crippen LogP contribution is 2.38. The Bertz CT molecular complexity index is 1030. The Labute approximate surface area is 178 Å². The topological polar surface area (TPSA) is 76.2 Å². The van der Waals surface area contributed by atoms with Crippen LogP contribution in [0.1, 0.15) is 21.7 Å². The van der Waals surface area contributed by atoms with Gasteiger partial charge in [-0.05, 0) is 31.2 Å². The Morgan fingerprint density at radius 2 is 1.83 bits per heavy atom. The van der Waals surface area contributed by atoms with Crippen LogP contribution in [0.2, 0.25) is 5.02 Å². The van der Waals surface area contributed by atoms with Gasteiger partial charge in [-0.15, -0.1) is 11.3 Å². The monoisotopic (exact) mass is 456 g/mol. The lowest BCUT2D eigenvalue weighted by atomic mass is 10.1. The molecule has 1 saturated heterocycles. The molecule has 29 heavy (non-hydrogen) atoms. The van der Waals surface area contributed by atoms with Gasteiger partial charge in [-0.2, -0.15) is 4.31 Å². The predicted octanol–water partition coefficient (Wildman–Crippen LogP) is 3.02. The van der Waals surface area contributed by atoms with E-state index in [-0.39, 0.29) is 19.0 Å². The van der Waals surface area contributed by atoms with Crippen molar-refractivity contribution >= 4 is 38.9 Å². The van der Waals surface area contributed by atoms with Crippen LogP contribution in [0.5, 0.6) is 11.5 Å². The lowest BCUT2D eigenvalue weighted by Gasteiger charge is -2.33. The summed E-state index contributed by atoms with van der Waals surface area (Å²) >= 11 is 7.55. The third-order valence-corrected chi connectivity index (χ3v) is 8.53. The molecule has 0 aliphatic carbocycles. The van der Waals surface area contributed by atoms with Crippen LogP contribution in [0.3, 0.4) is 0 Å². The number of benzene rings is 1. The maximum absolute atomic E-state index is 13.0. The van der Waals surface area contributed by atoms with Crippen LogP contribution in [0.25, 0.3) is 0 Å². The minimum absolute atomic E-state index is 0.202. The van der Waals surface area contributed by atoms with E-state index < -0.39 is 10.0 Å². The number of carbonyl (C=O) groups is 1. The second-order valence-corrected chi connectivity index (χ2v) is 10.8. The summed E-state index contributed by atoms with van der Waals surface area (Å²) in [5.74, 6) is 0.724. The molecule has 156 valence electrons. The molecule has 0 saturated carbocycles. The first-order valence-corrected chi connectivity index (χ1v) is 11.9. The lowest BCUT2D eigenvalue weighted by molar-refractivity contribution is 0.0697. The van der Waals surface area contributed by atoms with E-state index >= 15 is 0 Å². The number of sulfonamides is 1. The first-order chi connectivity index (χ1) is 13.9. The molecule has 1 aromatic heterocycles. The van der Waals surface area contributed by atoms with Gasteiger partial charge >= 0.3 is 0 Å². The molecule has 2 aromatic rings. The lowest BCUT2D eigenvalue weighted by Crippen LogP contribution is -2.50. The molecule has 3 heterocycles. The smallest absolute Gasteiger partial charge is 0.254 e. The average Bonchev–Trinajstić information content (AvgIpc) is 3.01. The largest absolute Gasteiger partial charge is 0.489 e. The quantitative estimate of drug-likeness (QED) is 0.709. The Balaban J connectivity index is 1.47. The highest BCUT2D eigenvalue weighted by Gasteiger charge is 2.32. The van der Waals surface area contributed by atoms with Gasteiger partial charge in [0.05, 0.1) is 18.2 Å². The van der Waals surface area contributed by atoms with E-state index in [9.17, 15) is 13.2 Å². The minimum Gasteiger partial charge on any atom is -0.489 e. The normalized spacial score (nSPS) is 17.8. The molecule has 2 aliphatic heterocycles. The summed E-state index contributed by atoms with van der Waals surface area (Å²) < 4.78 is 38.6. The first kappa shape index (κ1) is 20.5. The van der Waals surface area contributed by atoms with Gasteiger partial charge in [-0.3, -0.25) is 4.79 Å². The Kier molecular flexibility index (Phi) is 5.74. The van der Waals surface area contributed by atoms with Crippen molar-refractivity contribution in [1.82, 2.24) is 9.21 Å². The van der Waals surface area contributed by atoms with Gasteiger partial charge in [-0.1, -0.05) is 11.6 Å². The van der Waals surface area contributed by atoms with E-state index in [1.165, 1.54) is 15.6 Å². The number of hydrogen-bond acceptors (Lipinski definition) is 6. The third-order valence-electron chi connectivity index (χ3n) is 4.88. The van der Waals surface area contributed by atoms with Crippen LogP contribution in [0.15, 0.2) is 28.5 Å². The molecule has 4 rings (SSSR count). The van der Waals surface area contributed by atoms with E-state index in [0.717, 1.165) is 11.3 Å². The molecule has 10 heteroatoms. The maximum atomic E-state index is 13.0. The fraction of sp³-hybridized carbons (Fsp3) is 0.421. The zero-order chi connectivity index (χ0) is 20.6. The summed E-state index contributed by atoms with van der Waals surface area (Å²) in [6, 6.07) is 6.65. The fourth-order valence-corrected chi connectivity index (χ4v) is 6.47. The highest BCUT2D eigenvalue weighted by atomic mass is 35.5. The van der Waals surface area contributed by atoms with Gasteiger partial charge in [0, 0.05) is 43.0 Å². The number of fused-ring (bicyclic) bond motifs is 1. The number of aryl methyl sites for hydroxylation is 1. The van der Waals surface area contributed by atoms with E-state index in [4.69, 9.17) is 21.1 Å². The first-order valence-electron chi connectivity index (χ1n) is 9.31. The minimum atomic E-state index is -3.52. The molecule has 1 fully saturated rings. The van der Waals surface area contributed by atoms with Gasteiger partial charge in [0.15, 0.2) is 11.5 Å². The van der Waals surface area contributed by atoms with Crippen molar-refractivity contribution in [2.75, 3.05) is 39.4 Å². The molecule has 1 amide bonds. The average molecular weight is 457 g/mol. The zero-order valence-corrected chi connectivity index (χ0v) is 18.3. The second-order valence-electron chi connectivity index (χ2n) is 6.90. The number of nitrogens with zero attached hydrogens (tertiary/aromatic N) is 2. The fourth-order valence-electron chi connectivity index (χ4n) is 3.35. The highest BCUT2D eigenvalue weighted by molar-refractivity contribution is 7.91. The van der Waals surface area contributed by atoms with Gasteiger partial charge in [0.25, 0.3) is 15.9 Å².